The molecule has 7 heteroatoms. The van der Waals surface area contributed by atoms with Gasteiger partial charge < -0.3 is 21.1 Å². The maximum Gasteiger partial charge on any atom is 0.234 e. The van der Waals surface area contributed by atoms with Crippen LogP contribution in [0.25, 0.3) is 0 Å². The van der Waals surface area contributed by atoms with E-state index in [1.54, 1.807) is 19.2 Å². The Labute approximate surface area is 122 Å². The standard InChI is InChI=1S/C13H19N3O3S/c1-19-11-5-3-2-4-10(11)16-13(18)9-20-8-12(17)15-7-6-14/h2-5H,6-9,14H2,1H3,(H,15,17)(H,16,18). The molecule has 20 heavy (non-hydrogen) atoms. The number of para-hydroxylation sites is 2. The topological polar surface area (TPSA) is 93.4 Å². The molecular formula is C13H19N3O3S. The van der Waals surface area contributed by atoms with E-state index >= 15 is 0 Å². The van der Waals surface area contributed by atoms with Crippen LogP contribution in [-0.2, 0) is 9.59 Å². The fraction of sp³-hybridized carbons (Fsp3) is 0.385. The lowest BCUT2D eigenvalue weighted by molar-refractivity contribution is -0.118. The highest BCUT2D eigenvalue weighted by molar-refractivity contribution is 8.00. The Balaban J connectivity index is 2.31. The molecule has 1 rings (SSSR count). The van der Waals surface area contributed by atoms with E-state index in [2.05, 4.69) is 10.6 Å². The fourth-order valence-electron chi connectivity index (χ4n) is 1.43. The number of hydrogen-bond donors (Lipinski definition) is 3. The van der Waals surface area contributed by atoms with Gasteiger partial charge in [0.25, 0.3) is 0 Å². The van der Waals surface area contributed by atoms with Crippen LogP contribution in [0.5, 0.6) is 5.75 Å². The predicted octanol–water partition coefficient (Wildman–Crippen LogP) is 0.442. The summed E-state index contributed by atoms with van der Waals surface area (Å²) < 4.78 is 5.14. The predicted molar refractivity (Wildman–Crippen MR) is 81.0 cm³/mol. The number of nitrogens with one attached hydrogen (secondary N) is 2. The minimum atomic E-state index is -0.175. The summed E-state index contributed by atoms with van der Waals surface area (Å²) in [5.41, 5.74) is 5.89. The summed E-state index contributed by atoms with van der Waals surface area (Å²) in [5.74, 6) is 0.746. The molecule has 0 aliphatic rings. The zero-order valence-electron chi connectivity index (χ0n) is 11.3. The van der Waals surface area contributed by atoms with E-state index in [-0.39, 0.29) is 23.3 Å². The third-order valence-electron chi connectivity index (χ3n) is 2.31. The minimum Gasteiger partial charge on any atom is -0.495 e. The molecule has 1 aromatic carbocycles. The average Bonchev–Trinajstić information content (AvgIpc) is 2.45. The summed E-state index contributed by atoms with van der Waals surface area (Å²) in [7, 11) is 1.54. The first-order chi connectivity index (χ1) is 9.67. The normalized spacial score (nSPS) is 9.90. The van der Waals surface area contributed by atoms with Gasteiger partial charge in [-0.2, -0.15) is 0 Å². The highest BCUT2D eigenvalue weighted by Crippen LogP contribution is 2.23. The first-order valence-electron chi connectivity index (χ1n) is 6.14. The Bertz CT molecular complexity index is 454. The smallest absolute Gasteiger partial charge is 0.234 e. The maximum absolute atomic E-state index is 11.7. The molecule has 0 saturated carbocycles. The Hall–Kier alpha value is -1.73. The fourth-order valence-corrected chi connectivity index (χ4v) is 2.08. The number of hydrogen-bond acceptors (Lipinski definition) is 5. The molecule has 0 bridgehead atoms. The van der Waals surface area contributed by atoms with Crippen LogP contribution in [0.4, 0.5) is 5.69 Å². The quantitative estimate of drug-likeness (QED) is 0.647. The lowest BCUT2D eigenvalue weighted by atomic mass is 10.3. The average molecular weight is 297 g/mol. The molecule has 4 N–H and O–H groups in total. The number of rotatable bonds is 8. The molecule has 0 spiro atoms. The number of anilines is 1. The van der Waals surface area contributed by atoms with Gasteiger partial charge >= 0.3 is 0 Å². The molecule has 110 valence electrons. The molecular weight excluding hydrogens is 278 g/mol. The maximum atomic E-state index is 11.7. The van der Waals surface area contributed by atoms with Crippen molar-refractivity contribution in [1.29, 1.82) is 0 Å². The van der Waals surface area contributed by atoms with Crippen molar-refractivity contribution in [3.63, 3.8) is 0 Å². The largest absolute Gasteiger partial charge is 0.495 e. The Kier molecular flexibility index (Phi) is 7.52. The van der Waals surface area contributed by atoms with Crippen molar-refractivity contribution in [3.8, 4) is 5.75 Å². The molecule has 0 atom stereocenters. The third-order valence-corrected chi connectivity index (χ3v) is 3.25. The number of carbonyl (C=O) groups excluding carboxylic acids is 2. The number of methoxy groups -OCH3 is 1. The van der Waals surface area contributed by atoms with Crippen LogP contribution in [-0.4, -0.2) is 43.5 Å². The van der Waals surface area contributed by atoms with Crippen molar-refractivity contribution in [3.05, 3.63) is 24.3 Å². The molecule has 0 aliphatic heterocycles. The number of benzene rings is 1. The van der Waals surface area contributed by atoms with Crippen molar-refractivity contribution in [2.45, 2.75) is 0 Å². The summed E-state index contributed by atoms with van der Waals surface area (Å²) in [5, 5.41) is 5.38. The second kappa shape index (κ2) is 9.22. The van der Waals surface area contributed by atoms with Gasteiger partial charge in [-0.25, -0.2) is 0 Å². The minimum absolute atomic E-state index is 0.120. The van der Waals surface area contributed by atoms with Crippen molar-refractivity contribution >= 4 is 29.3 Å². The first-order valence-corrected chi connectivity index (χ1v) is 7.30. The lowest BCUT2D eigenvalue weighted by Gasteiger charge is -2.09. The van der Waals surface area contributed by atoms with Crippen LogP contribution in [0, 0.1) is 0 Å². The number of nitrogens with two attached hydrogens (primary N) is 1. The third kappa shape index (κ3) is 5.94. The van der Waals surface area contributed by atoms with Gasteiger partial charge in [0.1, 0.15) is 5.75 Å². The Morgan fingerprint density at radius 3 is 2.65 bits per heavy atom. The lowest BCUT2D eigenvalue weighted by Crippen LogP contribution is -2.30. The van der Waals surface area contributed by atoms with Gasteiger partial charge in [0.15, 0.2) is 0 Å². The molecule has 1 aromatic rings. The molecule has 0 aromatic heterocycles. The molecule has 2 amide bonds. The van der Waals surface area contributed by atoms with Crippen molar-refractivity contribution in [2.75, 3.05) is 37.0 Å². The van der Waals surface area contributed by atoms with Crippen LogP contribution in [0.2, 0.25) is 0 Å². The Morgan fingerprint density at radius 1 is 1.25 bits per heavy atom. The van der Waals surface area contributed by atoms with E-state index < -0.39 is 0 Å². The van der Waals surface area contributed by atoms with E-state index in [0.29, 0.717) is 24.5 Å². The summed E-state index contributed by atoms with van der Waals surface area (Å²) in [6.45, 7) is 0.859. The molecule has 0 unspecified atom stereocenters. The van der Waals surface area contributed by atoms with Gasteiger partial charge in [-0.1, -0.05) is 12.1 Å². The van der Waals surface area contributed by atoms with E-state index in [1.165, 1.54) is 11.8 Å². The van der Waals surface area contributed by atoms with E-state index in [0.717, 1.165) is 0 Å². The van der Waals surface area contributed by atoms with Crippen molar-refractivity contribution in [1.82, 2.24) is 5.32 Å². The molecule has 0 fully saturated rings. The second-order valence-corrected chi connectivity index (χ2v) is 4.87. The van der Waals surface area contributed by atoms with E-state index in [1.807, 2.05) is 12.1 Å². The number of thioether (sulfide) groups is 1. The van der Waals surface area contributed by atoms with Gasteiger partial charge in [0, 0.05) is 13.1 Å². The van der Waals surface area contributed by atoms with E-state index in [9.17, 15) is 9.59 Å². The van der Waals surface area contributed by atoms with Gasteiger partial charge in [-0.15, -0.1) is 11.8 Å². The summed E-state index contributed by atoms with van der Waals surface area (Å²) >= 11 is 1.25. The molecule has 0 aliphatic carbocycles. The van der Waals surface area contributed by atoms with Crippen molar-refractivity contribution in [2.24, 2.45) is 5.73 Å². The highest BCUT2D eigenvalue weighted by Gasteiger charge is 2.08. The number of carbonyl (C=O) groups is 2. The zero-order chi connectivity index (χ0) is 14.8. The molecule has 0 radical (unpaired) electrons. The molecule has 0 saturated heterocycles. The summed E-state index contributed by atoms with van der Waals surface area (Å²) in [4.78, 5) is 23.0. The number of ether oxygens (including phenoxy) is 1. The first kappa shape index (κ1) is 16.3. The number of amides is 2. The van der Waals surface area contributed by atoms with Crippen LogP contribution < -0.4 is 21.1 Å². The second-order valence-electron chi connectivity index (χ2n) is 3.88. The van der Waals surface area contributed by atoms with Crippen LogP contribution in [0.15, 0.2) is 24.3 Å². The van der Waals surface area contributed by atoms with Crippen LogP contribution in [0.1, 0.15) is 0 Å². The SMILES string of the molecule is COc1ccccc1NC(=O)CSCC(=O)NCCN. The zero-order valence-corrected chi connectivity index (χ0v) is 12.2. The summed E-state index contributed by atoms with van der Waals surface area (Å²) in [6.07, 6.45) is 0. The van der Waals surface area contributed by atoms with Gasteiger partial charge in [-0.3, -0.25) is 9.59 Å². The molecule has 0 heterocycles. The van der Waals surface area contributed by atoms with Gasteiger partial charge in [0.2, 0.25) is 11.8 Å². The van der Waals surface area contributed by atoms with Gasteiger partial charge in [0.05, 0.1) is 24.3 Å². The van der Waals surface area contributed by atoms with Crippen LogP contribution in [0.3, 0.4) is 0 Å². The highest BCUT2D eigenvalue weighted by atomic mass is 32.2. The van der Waals surface area contributed by atoms with Crippen LogP contribution >= 0.6 is 11.8 Å². The monoisotopic (exact) mass is 297 g/mol. The van der Waals surface area contributed by atoms with E-state index in [4.69, 9.17) is 10.5 Å². The summed E-state index contributed by atoms with van der Waals surface area (Å²) in [6, 6.07) is 7.16. The molecule has 6 nitrogen and oxygen atoms in total. The Morgan fingerprint density at radius 2 is 1.95 bits per heavy atom. The van der Waals surface area contributed by atoms with Crippen molar-refractivity contribution < 1.29 is 14.3 Å². The van der Waals surface area contributed by atoms with Gasteiger partial charge in [-0.05, 0) is 12.1 Å².